The molecule has 0 radical (unpaired) electrons. The van der Waals surface area contributed by atoms with E-state index in [0.717, 1.165) is 0 Å². The van der Waals surface area contributed by atoms with E-state index in [2.05, 4.69) is 9.47 Å². The van der Waals surface area contributed by atoms with Gasteiger partial charge in [0, 0.05) is 0 Å². The number of ether oxygens (including phenoxy) is 2. The summed E-state index contributed by atoms with van der Waals surface area (Å²) in [5.41, 5.74) is 0. The lowest BCUT2D eigenvalue weighted by Crippen LogP contribution is -2.54. The molecule has 0 aromatic rings. The lowest BCUT2D eigenvalue weighted by Gasteiger charge is -2.33. The van der Waals surface area contributed by atoms with Gasteiger partial charge in [0.05, 0.1) is 0 Å². The molecular weight excluding hydrogens is 222 g/mol. The third-order valence-electron chi connectivity index (χ3n) is 1.33. The Morgan fingerprint density at radius 1 is 1.14 bits per heavy atom. The Balaban J connectivity index is 2.96. The van der Waals surface area contributed by atoms with Gasteiger partial charge in [0.2, 0.25) is 0 Å². The van der Waals surface area contributed by atoms with Crippen molar-refractivity contribution in [2.24, 2.45) is 0 Å². The highest BCUT2D eigenvalue weighted by atomic mass is 19.4. The second kappa shape index (κ2) is 2.67. The van der Waals surface area contributed by atoms with Crippen molar-refractivity contribution < 1.29 is 40.6 Å². The summed E-state index contributed by atoms with van der Waals surface area (Å²) in [5, 5.41) is 0. The molecule has 1 saturated heterocycles. The van der Waals surface area contributed by atoms with Crippen LogP contribution in [0.15, 0.2) is 0 Å². The molecule has 0 aromatic heterocycles. The number of hydrogen-bond donors (Lipinski definition) is 0. The first-order valence-electron chi connectivity index (χ1n) is 3.11. The monoisotopic (exact) mass is 224 g/mol. The molecule has 1 atom stereocenters. The van der Waals surface area contributed by atoms with Gasteiger partial charge in [-0.2, -0.15) is 26.3 Å². The van der Waals surface area contributed by atoms with Gasteiger partial charge in [0.25, 0.3) is 0 Å². The van der Waals surface area contributed by atoms with Gasteiger partial charge in [-0.1, -0.05) is 0 Å². The summed E-state index contributed by atoms with van der Waals surface area (Å²) >= 11 is 0. The molecule has 1 aliphatic heterocycles. The number of cyclic esters (lactones) is 2. The molecule has 1 fully saturated rings. The van der Waals surface area contributed by atoms with Crippen LogP contribution in [0.2, 0.25) is 0 Å². The Bertz CT molecular complexity index is 261. The average molecular weight is 224 g/mol. The van der Waals surface area contributed by atoms with Crippen LogP contribution in [0.1, 0.15) is 6.42 Å². The summed E-state index contributed by atoms with van der Waals surface area (Å²) in [4.78, 5) is 10.1. The largest absolute Gasteiger partial charge is 0.516 e. The molecule has 0 aliphatic carbocycles. The van der Waals surface area contributed by atoms with Gasteiger partial charge in [-0.3, -0.25) is 0 Å². The van der Waals surface area contributed by atoms with E-state index in [9.17, 15) is 31.1 Å². The maximum Gasteiger partial charge on any atom is 0.516 e. The molecule has 0 aromatic carbocycles. The van der Waals surface area contributed by atoms with Gasteiger partial charge in [-0.15, -0.1) is 0 Å². The van der Waals surface area contributed by atoms with E-state index >= 15 is 0 Å². The van der Waals surface area contributed by atoms with E-state index in [-0.39, 0.29) is 0 Å². The van der Waals surface area contributed by atoms with E-state index in [1.165, 1.54) is 0 Å². The molecule has 1 aliphatic rings. The zero-order chi connectivity index (χ0) is 11.2. The van der Waals surface area contributed by atoms with Crippen molar-refractivity contribution in [3.63, 3.8) is 0 Å². The molecule has 1 unspecified atom stereocenters. The zero-order valence-corrected chi connectivity index (χ0v) is 6.20. The normalized spacial score (nSPS) is 32.0. The molecule has 0 bridgehead atoms. The van der Waals surface area contributed by atoms with Crippen molar-refractivity contribution in [2.75, 3.05) is 0 Å². The Labute approximate surface area is 72.6 Å². The second-order valence-corrected chi connectivity index (χ2v) is 2.49. The van der Waals surface area contributed by atoms with Gasteiger partial charge in [0.1, 0.15) is 6.42 Å². The van der Waals surface area contributed by atoms with Gasteiger partial charge in [-0.25, -0.2) is 4.79 Å². The summed E-state index contributed by atoms with van der Waals surface area (Å²) in [5.74, 6) is -4.70. The predicted octanol–water partition coefficient (Wildman–Crippen LogP) is 2.36. The van der Waals surface area contributed by atoms with Crippen LogP contribution in [0.5, 0.6) is 0 Å². The minimum atomic E-state index is -5.73. The smallest absolute Gasteiger partial charge is 0.386 e. The Morgan fingerprint density at radius 2 is 1.64 bits per heavy atom. The molecule has 9 heteroatoms. The predicted molar refractivity (Wildman–Crippen MR) is 27.0 cm³/mol. The molecular formula is C5H2F6O3. The lowest BCUT2D eigenvalue weighted by molar-refractivity contribution is -0.384. The summed E-state index contributed by atoms with van der Waals surface area (Å²) in [6, 6.07) is 0. The van der Waals surface area contributed by atoms with Crippen LogP contribution >= 0.6 is 0 Å². The quantitative estimate of drug-likeness (QED) is 0.468. The van der Waals surface area contributed by atoms with Gasteiger partial charge >= 0.3 is 24.3 Å². The van der Waals surface area contributed by atoms with Gasteiger partial charge in [0.15, 0.2) is 0 Å². The van der Waals surface area contributed by atoms with Crippen LogP contribution < -0.4 is 0 Å². The standard InChI is InChI=1S/C5H2F6O3/c6-3(5(9,10)11)1-4(7,8)14-2(12)13-3/h1H2. The maximum absolute atomic E-state index is 12.7. The minimum Gasteiger partial charge on any atom is -0.386 e. The fraction of sp³-hybridized carbons (Fsp3) is 0.800. The molecule has 0 saturated carbocycles. The Hall–Kier alpha value is -1.15. The first-order chi connectivity index (χ1) is 6.06. The Morgan fingerprint density at radius 3 is 2.00 bits per heavy atom. The molecule has 14 heavy (non-hydrogen) atoms. The van der Waals surface area contributed by atoms with Crippen molar-refractivity contribution in [3.8, 4) is 0 Å². The van der Waals surface area contributed by atoms with Crippen LogP contribution in [-0.2, 0) is 9.47 Å². The van der Waals surface area contributed by atoms with Gasteiger partial charge < -0.3 is 9.47 Å². The molecule has 0 spiro atoms. The fourth-order valence-corrected chi connectivity index (χ4v) is 0.770. The first-order valence-corrected chi connectivity index (χ1v) is 3.11. The second-order valence-electron chi connectivity index (χ2n) is 2.49. The summed E-state index contributed by atoms with van der Waals surface area (Å²) in [6.45, 7) is 0. The highest BCUT2D eigenvalue weighted by Crippen LogP contribution is 2.46. The van der Waals surface area contributed by atoms with E-state index in [1.807, 2.05) is 0 Å². The number of hydrogen-bond acceptors (Lipinski definition) is 3. The zero-order valence-electron chi connectivity index (χ0n) is 6.20. The van der Waals surface area contributed by atoms with Crippen LogP contribution in [0.3, 0.4) is 0 Å². The lowest BCUT2D eigenvalue weighted by atomic mass is 10.2. The molecule has 82 valence electrons. The number of halogens is 6. The maximum atomic E-state index is 12.7. The third-order valence-corrected chi connectivity index (χ3v) is 1.33. The van der Waals surface area contributed by atoms with Crippen molar-refractivity contribution >= 4 is 6.16 Å². The van der Waals surface area contributed by atoms with Crippen LogP contribution in [0, 0.1) is 0 Å². The van der Waals surface area contributed by atoms with Crippen LogP contribution in [-0.4, -0.2) is 24.3 Å². The summed E-state index contributed by atoms with van der Waals surface area (Å²) in [7, 11) is 0. The molecule has 1 rings (SSSR count). The number of carbonyl (C=O) groups excluding carboxylic acids is 1. The molecule has 0 N–H and O–H groups in total. The van der Waals surface area contributed by atoms with Gasteiger partial charge in [-0.05, 0) is 0 Å². The van der Waals surface area contributed by atoms with E-state index in [1.54, 1.807) is 0 Å². The van der Waals surface area contributed by atoms with Crippen molar-refractivity contribution in [1.82, 2.24) is 0 Å². The third kappa shape index (κ3) is 1.85. The van der Waals surface area contributed by atoms with Crippen LogP contribution in [0.25, 0.3) is 0 Å². The van der Waals surface area contributed by atoms with E-state index in [4.69, 9.17) is 0 Å². The SMILES string of the molecule is O=C1OC(F)(F)CC(F)(C(F)(F)F)O1. The summed E-state index contributed by atoms with van der Waals surface area (Å²) in [6.07, 6.45) is -15.1. The topological polar surface area (TPSA) is 35.5 Å². The number of carbonyl (C=O) groups is 1. The van der Waals surface area contributed by atoms with E-state index < -0.39 is 30.7 Å². The molecule has 3 nitrogen and oxygen atoms in total. The fourth-order valence-electron chi connectivity index (χ4n) is 0.770. The number of rotatable bonds is 0. The minimum absolute atomic E-state index is 2.40. The highest BCUT2D eigenvalue weighted by molar-refractivity contribution is 5.61. The highest BCUT2D eigenvalue weighted by Gasteiger charge is 2.68. The van der Waals surface area contributed by atoms with Crippen molar-refractivity contribution in [2.45, 2.75) is 24.6 Å². The average Bonchev–Trinajstić information content (AvgIpc) is 1.76. The van der Waals surface area contributed by atoms with Crippen molar-refractivity contribution in [3.05, 3.63) is 0 Å². The number of alkyl halides is 6. The van der Waals surface area contributed by atoms with Crippen LogP contribution in [0.4, 0.5) is 31.1 Å². The molecule has 1 heterocycles. The molecule has 0 amide bonds. The van der Waals surface area contributed by atoms with E-state index in [0.29, 0.717) is 0 Å². The Kier molecular flexibility index (Phi) is 2.09. The summed E-state index contributed by atoms with van der Waals surface area (Å²) < 4.78 is 78.6. The van der Waals surface area contributed by atoms with Crippen molar-refractivity contribution in [1.29, 1.82) is 0 Å². The first kappa shape index (κ1) is 10.9.